The van der Waals surface area contributed by atoms with Gasteiger partial charge < -0.3 is 19.9 Å². The first-order valence-electron chi connectivity index (χ1n) is 7.66. The van der Waals surface area contributed by atoms with Crippen LogP contribution in [0.1, 0.15) is 37.6 Å². The predicted molar refractivity (Wildman–Crippen MR) is 84.6 cm³/mol. The zero-order valence-corrected chi connectivity index (χ0v) is 13.7. The molecule has 1 aromatic carbocycles. The van der Waals surface area contributed by atoms with E-state index in [2.05, 4.69) is 5.32 Å². The summed E-state index contributed by atoms with van der Waals surface area (Å²) in [6, 6.07) is 6.07. The molecule has 1 amide bonds. The molecule has 0 saturated carbocycles. The lowest BCUT2D eigenvalue weighted by Crippen LogP contribution is -2.53. The number of carboxylic acid groups (broad SMARTS) is 1. The summed E-state index contributed by atoms with van der Waals surface area (Å²) < 4.78 is 11.3. The van der Waals surface area contributed by atoms with Crippen LogP contribution in [0.15, 0.2) is 24.3 Å². The van der Waals surface area contributed by atoms with Crippen molar-refractivity contribution in [2.45, 2.75) is 39.3 Å². The van der Waals surface area contributed by atoms with E-state index in [1.165, 1.54) is 12.1 Å². The molecule has 0 aromatic heterocycles. The molecular formula is C17H23NO5. The van der Waals surface area contributed by atoms with Crippen LogP contribution in [0.2, 0.25) is 0 Å². The van der Waals surface area contributed by atoms with Crippen molar-refractivity contribution >= 4 is 11.9 Å². The van der Waals surface area contributed by atoms with Crippen molar-refractivity contribution in [2.24, 2.45) is 5.41 Å². The van der Waals surface area contributed by atoms with Gasteiger partial charge in [0, 0.05) is 12.0 Å². The third-order valence-electron chi connectivity index (χ3n) is 3.69. The highest BCUT2D eigenvalue weighted by atomic mass is 16.5. The molecule has 2 atom stereocenters. The molecule has 23 heavy (non-hydrogen) atoms. The number of nitrogens with one attached hydrogen (secondary N) is 1. The summed E-state index contributed by atoms with van der Waals surface area (Å²) in [6.07, 6.45) is 0.380. The molecule has 1 saturated heterocycles. The topological polar surface area (TPSA) is 84.9 Å². The fourth-order valence-corrected chi connectivity index (χ4v) is 2.23. The van der Waals surface area contributed by atoms with E-state index in [0.29, 0.717) is 25.4 Å². The zero-order valence-electron chi connectivity index (χ0n) is 13.7. The van der Waals surface area contributed by atoms with Crippen LogP contribution in [-0.2, 0) is 9.53 Å². The van der Waals surface area contributed by atoms with Gasteiger partial charge in [-0.25, -0.2) is 4.79 Å². The van der Waals surface area contributed by atoms with Gasteiger partial charge in [-0.1, -0.05) is 20.8 Å². The largest absolute Gasteiger partial charge is 0.486 e. The van der Waals surface area contributed by atoms with Crippen LogP contribution < -0.4 is 10.1 Å². The summed E-state index contributed by atoms with van der Waals surface area (Å²) >= 11 is 0. The van der Waals surface area contributed by atoms with E-state index in [0.717, 1.165) is 0 Å². The standard InChI is InChI=1S/C17H23NO5/c1-17(2,3)16(21)18-13-8-9-22-10-14(13)23-12-6-4-11(5-7-12)15(19)20/h4-7,13-14H,8-10H2,1-3H3,(H,18,21)(H,19,20). The van der Waals surface area contributed by atoms with Gasteiger partial charge in [-0.15, -0.1) is 0 Å². The number of benzene rings is 1. The van der Waals surface area contributed by atoms with Gasteiger partial charge in [0.05, 0.1) is 18.2 Å². The van der Waals surface area contributed by atoms with Crippen molar-refractivity contribution in [1.29, 1.82) is 0 Å². The van der Waals surface area contributed by atoms with Crippen molar-refractivity contribution in [3.8, 4) is 5.75 Å². The first-order chi connectivity index (χ1) is 10.8. The highest BCUT2D eigenvalue weighted by Crippen LogP contribution is 2.20. The number of carbonyl (C=O) groups is 2. The second kappa shape index (κ2) is 7.00. The Hall–Kier alpha value is -2.08. The highest BCUT2D eigenvalue weighted by molar-refractivity contribution is 5.87. The van der Waals surface area contributed by atoms with E-state index in [9.17, 15) is 9.59 Å². The van der Waals surface area contributed by atoms with Gasteiger partial charge in [0.25, 0.3) is 0 Å². The van der Waals surface area contributed by atoms with Crippen LogP contribution >= 0.6 is 0 Å². The Labute approximate surface area is 135 Å². The van der Waals surface area contributed by atoms with Crippen LogP contribution in [0.5, 0.6) is 5.75 Å². The highest BCUT2D eigenvalue weighted by Gasteiger charge is 2.32. The Balaban J connectivity index is 2.03. The molecule has 2 unspecified atom stereocenters. The van der Waals surface area contributed by atoms with Crippen molar-refractivity contribution < 1.29 is 24.2 Å². The maximum atomic E-state index is 12.2. The van der Waals surface area contributed by atoms with Crippen LogP contribution in [0.25, 0.3) is 0 Å². The van der Waals surface area contributed by atoms with Crippen molar-refractivity contribution in [2.75, 3.05) is 13.2 Å². The fraction of sp³-hybridized carbons (Fsp3) is 0.529. The van der Waals surface area contributed by atoms with Crippen LogP contribution in [-0.4, -0.2) is 42.3 Å². The summed E-state index contributed by atoms with van der Waals surface area (Å²) in [5.41, 5.74) is -0.263. The molecule has 0 bridgehead atoms. The van der Waals surface area contributed by atoms with E-state index < -0.39 is 11.4 Å². The number of aromatic carboxylic acids is 1. The molecule has 126 valence electrons. The minimum Gasteiger partial charge on any atom is -0.486 e. The molecule has 2 rings (SSSR count). The van der Waals surface area contributed by atoms with E-state index in [1.54, 1.807) is 12.1 Å². The second-order valence-electron chi connectivity index (χ2n) is 6.68. The molecule has 6 nitrogen and oxygen atoms in total. The second-order valence-corrected chi connectivity index (χ2v) is 6.68. The molecule has 6 heteroatoms. The number of carbonyl (C=O) groups excluding carboxylic acids is 1. The lowest BCUT2D eigenvalue weighted by atomic mass is 9.94. The molecular weight excluding hydrogens is 298 g/mol. The molecule has 0 spiro atoms. The summed E-state index contributed by atoms with van der Waals surface area (Å²) in [7, 11) is 0. The monoisotopic (exact) mass is 321 g/mol. The minimum absolute atomic E-state index is 0.0285. The number of hydrogen-bond acceptors (Lipinski definition) is 4. The summed E-state index contributed by atoms with van der Waals surface area (Å²) in [5, 5.41) is 11.9. The minimum atomic E-state index is -0.979. The molecule has 2 N–H and O–H groups in total. The van der Waals surface area contributed by atoms with Gasteiger partial charge in [-0.05, 0) is 30.7 Å². The molecule has 0 radical (unpaired) electrons. The van der Waals surface area contributed by atoms with Gasteiger partial charge in [0.1, 0.15) is 11.9 Å². The first-order valence-corrected chi connectivity index (χ1v) is 7.66. The third kappa shape index (κ3) is 4.69. The zero-order chi connectivity index (χ0) is 17.0. The van der Waals surface area contributed by atoms with E-state index >= 15 is 0 Å². The molecule has 1 heterocycles. The van der Waals surface area contributed by atoms with E-state index in [-0.39, 0.29) is 23.6 Å². The van der Waals surface area contributed by atoms with Crippen molar-refractivity contribution in [3.63, 3.8) is 0 Å². The SMILES string of the molecule is CC(C)(C)C(=O)NC1CCOCC1Oc1ccc(C(=O)O)cc1. The average molecular weight is 321 g/mol. The Morgan fingerprint density at radius 2 is 1.91 bits per heavy atom. The van der Waals surface area contributed by atoms with Gasteiger partial charge in [0.2, 0.25) is 5.91 Å². The molecule has 1 fully saturated rings. The number of rotatable bonds is 4. The number of carboxylic acids is 1. The van der Waals surface area contributed by atoms with Crippen LogP contribution in [0.4, 0.5) is 0 Å². The quantitative estimate of drug-likeness (QED) is 0.887. The van der Waals surface area contributed by atoms with Crippen LogP contribution in [0.3, 0.4) is 0 Å². The van der Waals surface area contributed by atoms with E-state index in [4.69, 9.17) is 14.6 Å². The smallest absolute Gasteiger partial charge is 0.335 e. The number of hydrogen-bond donors (Lipinski definition) is 2. The maximum Gasteiger partial charge on any atom is 0.335 e. The summed E-state index contributed by atoms with van der Waals surface area (Å²) in [6.45, 7) is 6.55. The molecule has 1 aromatic rings. The lowest BCUT2D eigenvalue weighted by Gasteiger charge is -2.34. The molecule has 1 aliphatic heterocycles. The Morgan fingerprint density at radius 3 is 2.48 bits per heavy atom. The van der Waals surface area contributed by atoms with Gasteiger partial charge >= 0.3 is 5.97 Å². The maximum absolute atomic E-state index is 12.2. The number of ether oxygens (including phenoxy) is 2. The number of amides is 1. The molecule has 1 aliphatic rings. The normalized spacial score (nSPS) is 21.5. The van der Waals surface area contributed by atoms with Crippen LogP contribution in [0, 0.1) is 5.41 Å². The Bertz CT molecular complexity index is 561. The Morgan fingerprint density at radius 1 is 1.26 bits per heavy atom. The average Bonchev–Trinajstić information content (AvgIpc) is 2.48. The summed E-state index contributed by atoms with van der Waals surface area (Å²) in [5.74, 6) is -0.451. The lowest BCUT2D eigenvalue weighted by molar-refractivity contribution is -0.131. The fourth-order valence-electron chi connectivity index (χ4n) is 2.23. The Kier molecular flexibility index (Phi) is 5.26. The van der Waals surface area contributed by atoms with Crippen molar-refractivity contribution in [1.82, 2.24) is 5.32 Å². The van der Waals surface area contributed by atoms with E-state index in [1.807, 2.05) is 20.8 Å². The van der Waals surface area contributed by atoms with Crippen molar-refractivity contribution in [3.05, 3.63) is 29.8 Å². The van der Waals surface area contributed by atoms with Gasteiger partial charge in [0.15, 0.2) is 0 Å². The van der Waals surface area contributed by atoms with Gasteiger partial charge in [-0.2, -0.15) is 0 Å². The summed E-state index contributed by atoms with van der Waals surface area (Å²) in [4.78, 5) is 23.0. The first kappa shape index (κ1) is 17.3. The third-order valence-corrected chi connectivity index (χ3v) is 3.69. The predicted octanol–water partition coefficient (Wildman–Crippen LogP) is 2.08. The van der Waals surface area contributed by atoms with Gasteiger partial charge in [-0.3, -0.25) is 4.79 Å². The molecule has 0 aliphatic carbocycles.